The summed E-state index contributed by atoms with van der Waals surface area (Å²) in [4.78, 5) is 2.76. The van der Waals surface area contributed by atoms with Crippen molar-refractivity contribution < 1.29 is 12.8 Å². The van der Waals surface area contributed by atoms with E-state index in [1.165, 1.54) is 24.4 Å². The maximum atomic E-state index is 13.6. The summed E-state index contributed by atoms with van der Waals surface area (Å²) in [5.74, 6) is -0.613. The second kappa shape index (κ2) is 5.02. The predicted molar refractivity (Wildman–Crippen MR) is 70.6 cm³/mol. The van der Waals surface area contributed by atoms with Gasteiger partial charge < -0.3 is 10.7 Å². The second-order valence-electron chi connectivity index (χ2n) is 4.10. The van der Waals surface area contributed by atoms with Gasteiger partial charge in [-0.3, -0.25) is 4.72 Å². The van der Waals surface area contributed by atoms with Crippen LogP contribution in [-0.4, -0.2) is 13.4 Å². The normalized spacial score (nSPS) is 11.5. The number of H-pyrrole nitrogens is 1. The third-order valence-corrected chi connectivity index (χ3v) is 4.03. The van der Waals surface area contributed by atoms with Crippen molar-refractivity contribution in [3.05, 3.63) is 47.5 Å². The summed E-state index contributed by atoms with van der Waals surface area (Å²) in [6.07, 6.45) is 1.32. The van der Waals surface area contributed by atoms with Gasteiger partial charge in [-0.25, -0.2) is 12.8 Å². The molecule has 2 aromatic rings. The first-order chi connectivity index (χ1) is 8.94. The Balaban J connectivity index is 2.36. The van der Waals surface area contributed by atoms with Gasteiger partial charge in [-0.15, -0.1) is 0 Å². The Hall–Kier alpha value is -1.86. The number of aromatic amines is 1. The molecule has 102 valence electrons. The van der Waals surface area contributed by atoms with Crippen LogP contribution in [0.1, 0.15) is 11.3 Å². The first kappa shape index (κ1) is 13.6. The van der Waals surface area contributed by atoms with E-state index in [0.717, 1.165) is 0 Å². The molecule has 0 unspecified atom stereocenters. The fraction of sp³-hybridized carbons (Fsp3) is 0.167. The van der Waals surface area contributed by atoms with Crippen LogP contribution in [0.15, 0.2) is 35.4 Å². The molecule has 0 aliphatic carbocycles. The number of para-hydroxylation sites is 1. The molecule has 0 radical (unpaired) electrons. The van der Waals surface area contributed by atoms with Gasteiger partial charge in [-0.05, 0) is 24.6 Å². The number of hydrogen-bond acceptors (Lipinski definition) is 3. The van der Waals surface area contributed by atoms with E-state index in [9.17, 15) is 12.8 Å². The Morgan fingerprint density at radius 1 is 1.42 bits per heavy atom. The molecule has 4 N–H and O–H groups in total. The summed E-state index contributed by atoms with van der Waals surface area (Å²) in [6.45, 7) is 1.83. The van der Waals surface area contributed by atoms with E-state index in [1.807, 2.05) is 0 Å². The standard InChI is InChI=1S/C12H14FN3O2S/c1-8-3-2-4-11(13)12(8)16-19(17,18)10-5-9(6-14)15-7-10/h2-5,7,15-16H,6,14H2,1H3. The van der Waals surface area contributed by atoms with Crippen molar-refractivity contribution in [1.82, 2.24) is 4.98 Å². The van der Waals surface area contributed by atoms with E-state index in [0.29, 0.717) is 11.3 Å². The van der Waals surface area contributed by atoms with Crippen LogP contribution in [0, 0.1) is 12.7 Å². The SMILES string of the molecule is Cc1cccc(F)c1NS(=O)(=O)c1c[nH]c(CN)c1. The van der Waals surface area contributed by atoms with Crippen molar-refractivity contribution in [2.24, 2.45) is 5.73 Å². The van der Waals surface area contributed by atoms with Crippen LogP contribution in [0.5, 0.6) is 0 Å². The third kappa shape index (κ3) is 2.77. The summed E-state index contributed by atoms with van der Waals surface area (Å²) in [6, 6.07) is 5.76. The van der Waals surface area contributed by atoms with E-state index in [4.69, 9.17) is 5.73 Å². The number of anilines is 1. The van der Waals surface area contributed by atoms with Crippen molar-refractivity contribution in [2.75, 3.05) is 4.72 Å². The van der Waals surface area contributed by atoms with Crippen LogP contribution in [0.3, 0.4) is 0 Å². The van der Waals surface area contributed by atoms with Crippen molar-refractivity contribution in [3.63, 3.8) is 0 Å². The van der Waals surface area contributed by atoms with Gasteiger partial charge in [0.2, 0.25) is 0 Å². The van der Waals surface area contributed by atoms with Crippen LogP contribution in [0.4, 0.5) is 10.1 Å². The Morgan fingerprint density at radius 3 is 2.74 bits per heavy atom. The van der Waals surface area contributed by atoms with E-state index in [-0.39, 0.29) is 17.1 Å². The van der Waals surface area contributed by atoms with Crippen LogP contribution < -0.4 is 10.5 Å². The Labute approximate surface area is 110 Å². The number of benzene rings is 1. The quantitative estimate of drug-likeness (QED) is 0.798. The van der Waals surface area contributed by atoms with E-state index >= 15 is 0 Å². The maximum Gasteiger partial charge on any atom is 0.263 e. The van der Waals surface area contributed by atoms with Gasteiger partial charge in [-0.2, -0.15) is 0 Å². The zero-order valence-corrected chi connectivity index (χ0v) is 11.1. The Morgan fingerprint density at radius 2 is 2.16 bits per heavy atom. The molecule has 0 amide bonds. The van der Waals surface area contributed by atoms with E-state index in [2.05, 4.69) is 9.71 Å². The van der Waals surface area contributed by atoms with Crippen molar-refractivity contribution >= 4 is 15.7 Å². The molecule has 0 fully saturated rings. The minimum Gasteiger partial charge on any atom is -0.363 e. The molecule has 1 aromatic heterocycles. The van der Waals surface area contributed by atoms with Gasteiger partial charge in [0, 0.05) is 18.4 Å². The molecule has 0 aliphatic rings. The Bertz CT molecular complexity index is 675. The van der Waals surface area contributed by atoms with E-state index in [1.54, 1.807) is 13.0 Å². The van der Waals surface area contributed by atoms with Crippen molar-refractivity contribution in [2.45, 2.75) is 18.4 Å². The zero-order chi connectivity index (χ0) is 14.0. The third-order valence-electron chi connectivity index (χ3n) is 2.70. The number of nitrogens with two attached hydrogens (primary N) is 1. The average Bonchev–Trinajstić information content (AvgIpc) is 2.83. The number of hydrogen-bond donors (Lipinski definition) is 3. The largest absolute Gasteiger partial charge is 0.363 e. The fourth-order valence-electron chi connectivity index (χ4n) is 1.65. The van der Waals surface area contributed by atoms with Crippen molar-refractivity contribution in [1.29, 1.82) is 0 Å². The minimum absolute atomic E-state index is 0.0237. The number of nitrogens with one attached hydrogen (secondary N) is 2. The molecule has 0 aliphatic heterocycles. The summed E-state index contributed by atoms with van der Waals surface area (Å²) in [5.41, 5.74) is 6.46. The lowest BCUT2D eigenvalue weighted by atomic mass is 10.2. The summed E-state index contributed by atoms with van der Waals surface area (Å²) >= 11 is 0. The van der Waals surface area contributed by atoms with Crippen LogP contribution in [0.2, 0.25) is 0 Å². The highest BCUT2D eigenvalue weighted by atomic mass is 32.2. The van der Waals surface area contributed by atoms with Gasteiger partial charge in [0.05, 0.1) is 5.69 Å². The lowest BCUT2D eigenvalue weighted by Crippen LogP contribution is -2.14. The molecule has 0 spiro atoms. The van der Waals surface area contributed by atoms with Crippen LogP contribution in [0.25, 0.3) is 0 Å². The molecule has 2 rings (SSSR count). The first-order valence-corrected chi connectivity index (χ1v) is 7.07. The Kier molecular flexibility index (Phi) is 3.59. The number of aromatic nitrogens is 1. The van der Waals surface area contributed by atoms with Gasteiger partial charge in [-0.1, -0.05) is 12.1 Å². The number of rotatable bonds is 4. The van der Waals surface area contributed by atoms with Gasteiger partial charge in [0.15, 0.2) is 0 Å². The summed E-state index contributed by atoms with van der Waals surface area (Å²) in [7, 11) is -3.82. The van der Waals surface area contributed by atoms with Gasteiger partial charge in [0.1, 0.15) is 10.7 Å². The topological polar surface area (TPSA) is 88.0 Å². The van der Waals surface area contributed by atoms with Gasteiger partial charge >= 0.3 is 0 Å². The molecule has 5 nitrogen and oxygen atoms in total. The lowest BCUT2D eigenvalue weighted by molar-refractivity contribution is 0.598. The lowest BCUT2D eigenvalue weighted by Gasteiger charge is -2.10. The molecule has 19 heavy (non-hydrogen) atoms. The highest BCUT2D eigenvalue weighted by Crippen LogP contribution is 2.23. The monoisotopic (exact) mass is 283 g/mol. The molecule has 0 bridgehead atoms. The highest BCUT2D eigenvalue weighted by Gasteiger charge is 2.18. The minimum atomic E-state index is -3.82. The maximum absolute atomic E-state index is 13.6. The number of halogens is 1. The second-order valence-corrected chi connectivity index (χ2v) is 5.78. The average molecular weight is 283 g/mol. The fourth-order valence-corrected chi connectivity index (χ4v) is 2.80. The molecular weight excluding hydrogens is 269 g/mol. The molecule has 0 atom stereocenters. The predicted octanol–water partition coefficient (Wildman–Crippen LogP) is 1.72. The molecule has 0 saturated carbocycles. The summed E-state index contributed by atoms with van der Waals surface area (Å²) < 4.78 is 40.1. The molecular formula is C12H14FN3O2S. The van der Waals surface area contributed by atoms with E-state index < -0.39 is 15.8 Å². The molecule has 1 heterocycles. The molecule has 1 aromatic carbocycles. The summed E-state index contributed by atoms with van der Waals surface area (Å²) in [5, 5.41) is 0. The number of sulfonamides is 1. The number of aryl methyl sites for hydroxylation is 1. The van der Waals surface area contributed by atoms with Crippen molar-refractivity contribution in [3.8, 4) is 0 Å². The van der Waals surface area contributed by atoms with Crippen LogP contribution in [-0.2, 0) is 16.6 Å². The first-order valence-electron chi connectivity index (χ1n) is 5.59. The van der Waals surface area contributed by atoms with Gasteiger partial charge in [0.25, 0.3) is 10.0 Å². The molecule has 7 heteroatoms. The molecule has 0 saturated heterocycles. The van der Waals surface area contributed by atoms with Crippen LogP contribution >= 0.6 is 0 Å². The highest BCUT2D eigenvalue weighted by molar-refractivity contribution is 7.92. The zero-order valence-electron chi connectivity index (χ0n) is 10.3. The smallest absolute Gasteiger partial charge is 0.263 e.